The normalized spacial score (nSPS) is 14.1. The molecule has 0 bridgehead atoms. The van der Waals surface area contributed by atoms with Crippen LogP contribution in [-0.2, 0) is 6.54 Å². The topological polar surface area (TPSA) is 52.6 Å². The Morgan fingerprint density at radius 3 is 2.70 bits per heavy atom. The van der Waals surface area contributed by atoms with Crippen LogP contribution in [-0.4, -0.2) is 42.7 Å². The summed E-state index contributed by atoms with van der Waals surface area (Å²) >= 11 is 0. The number of carbonyl (C=O) groups is 1. The molecule has 2 unspecified atom stereocenters. The van der Waals surface area contributed by atoms with Gasteiger partial charge in [-0.1, -0.05) is 32.4 Å². The fourth-order valence-electron chi connectivity index (χ4n) is 1.95. The highest BCUT2D eigenvalue weighted by Gasteiger charge is 2.14. The third-order valence-corrected chi connectivity index (χ3v) is 3.46. The van der Waals surface area contributed by atoms with E-state index >= 15 is 0 Å². The summed E-state index contributed by atoms with van der Waals surface area (Å²) < 4.78 is 0. The molecule has 4 heteroatoms. The Balaban J connectivity index is 2.59. The van der Waals surface area contributed by atoms with Crippen molar-refractivity contribution in [1.29, 1.82) is 0 Å². The summed E-state index contributed by atoms with van der Waals surface area (Å²) in [5, 5.41) is 12.7. The number of amides is 1. The summed E-state index contributed by atoms with van der Waals surface area (Å²) in [6, 6.07) is 7.58. The Morgan fingerprint density at radius 1 is 1.40 bits per heavy atom. The molecule has 0 fully saturated rings. The van der Waals surface area contributed by atoms with E-state index < -0.39 is 6.10 Å². The summed E-state index contributed by atoms with van der Waals surface area (Å²) in [6.45, 7) is 5.11. The number of aliphatic hydroxyl groups is 1. The van der Waals surface area contributed by atoms with Gasteiger partial charge in [0.2, 0.25) is 0 Å². The molecule has 2 atom stereocenters. The van der Waals surface area contributed by atoms with Crippen LogP contribution in [0.2, 0.25) is 0 Å². The molecule has 4 nitrogen and oxygen atoms in total. The van der Waals surface area contributed by atoms with Crippen LogP contribution in [0, 0.1) is 5.92 Å². The quantitative estimate of drug-likeness (QED) is 0.801. The first-order valence-electron chi connectivity index (χ1n) is 7.14. The van der Waals surface area contributed by atoms with Crippen molar-refractivity contribution in [2.45, 2.75) is 32.9 Å². The standard InChI is InChI=1S/C16H26N2O2/c1-5-12(2)15(19)10-17-16(20)14-8-6-7-13(9-14)11-18(3)4/h6-9,12,15,19H,5,10-11H2,1-4H3,(H,17,20). The van der Waals surface area contributed by atoms with E-state index in [0.29, 0.717) is 12.1 Å². The summed E-state index contributed by atoms with van der Waals surface area (Å²) in [6.07, 6.45) is 0.406. The third-order valence-electron chi connectivity index (χ3n) is 3.46. The van der Waals surface area contributed by atoms with Crippen LogP contribution in [0.25, 0.3) is 0 Å². The van der Waals surface area contributed by atoms with Gasteiger partial charge in [-0.15, -0.1) is 0 Å². The molecule has 0 heterocycles. The highest BCUT2D eigenvalue weighted by atomic mass is 16.3. The van der Waals surface area contributed by atoms with Gasteiger partial charge in [-0.05, 0) is 37.7 Å². The zero-order valence-electron chi connectivity index (χ0n) is 12.9. The van der Waals surface area contributed by atoms with Crippen LogP contribution in [0.4, 0.5) is 0 Å². The molecule has 0 aliphatic rings. The maximum absolute atomic E-state index is 12.1. The molecule has 20 heavy (non-hydrogen) atoms. The van der Waals surface area contributed by atoms with Crippen molar-refractivity contribution in [2.24, 2.45) is 5.92 Å². The number of nitrogens with one attached hydrogen (secondary N) is 1. The van der Waals surface area contributed by atoms with Gasteiger partial charge < -0.3 is 15.3 Å². The second-order valence-electron chi connectivity index (χ2n) is 5.60. The molecule has 0 aliphatic carbocycles. The minimum atomic E-state index is -0.492. The average Bonchev–Trinajstić information content (AvgIpc) is 2.43. The summed E-state index contributed by atoms with van der Waals surface area (Å²) in [7, 11) is 3.99. The summed E-state index contributed by atoms with van der Waals surface area (Å²) in [4.78, 5) is 14.1. The SMILES string of the molecule is CCC(C)C(O)CNC(=O)c1cccc(CN(C)C)c1. The van der Waals surface area contributed by atoms with E-state index in [1.807, 2.05) is 46.1 Å². The second-order valence-corrected chi connectivity index (χ2v) is 5.60. The minimum absolute atomic E-state index is 0.132. The molecule has 0 aliphatic heterocycles. The number of nitrogens with zero attached hydrogens (tertiary/aromatic N) is 1. The minimum Gasteiger partial charge on any atom is -0.391 e. The van der Waals surface area contributed by atoms with E-state index in [2.05, 4.69) is 10.2 Å². The van der Waals surface area contributed by atoms with Crippen molar-refractivity contribution >= 4 is 5.91 Å². The van der Waals surface area contributed by atoms with Crippen molar-refractivity contribution in [3.63, 3.8) is 0 Å². The van der Waals surface area contributed by atoms with Crippen LogP contribution < -0.4 is 5.32 Å². The molecule has 112 valence electrons. The Kier molecular flexibility index (Phi) is 6.68. The lowest BCUT2D eigenvalue weighted by molar-refractivity contribution is 0.0850. The van der Waals surface area contributed by atoms with Gasteiger partial charge in [0.1, 0.15) is 0 Å². The van der Waals surface area contributed by atoms with Crippen LogP contribution in [0.3, 0.4) is 0 Å². The van der Waals surface area contributed by atoms with Crippen molar-refractivity contribution in [1.82, 2.24) is 10.2 Å². The number of hydrogen-bond acceptors (Lipinski definition) is 3. The van der Waals surface area contributed by atoms with Crippen LogP contribution in [0.15, 0.2) is 24.3 Å². The van der Waals surface area contributed by atoms with Crippen molar-refractivity contribution < 1.29 is 9.90 Å². The smallest absolute Gasteiger partial charge is 0.251 e. The first kappa shape index (κ1) is 16.7. The third kappa shape index (κ3) is 5.31. The molecule has 0 saturated carbocycles. The number of rotatable bonds is 7. The molecule has 1 rings (SSSR count). The number of carbonyl (C=O) groups excluding carboxylic acids is 1. The summed E-state index contributed by atoms with van der Waals surface area (Å²) in [5.74, 6) is 0.0586. The van der Waals surface area contributed by atoms with Gasteiger partial charge in [-0.3, -0.25) is 4.79 Å². The van der Waals surface area contributed by atoms with Gasteiger partial charge in [0, 0.05) is 18.7 Å². The predicted molar refractivity (Wildman–Crippen MR) is 81.6 cm³/mol. The Labute approximate surface area is 121 Å². The van der Waals surface area contributed by atoms with E-state index in [4.69, 9.17) is 0 Å². The van der Waals surface area contributed by atoms with Crippen molar-refractivity contribution in [3.05, 3.63) is 35.4 Å². The zero-order valence-corrected chi connectivity index (χ0v) is 12.9. The van der Waals surface area contributed by atoms with Crippen LogP contribution in [0.1, 0.15) is 36.2 Å². The Bertz CT molecular complexity index is 432. The lowest BCUT2D eigenvalue weighted by Crippen LogP contribution is -2.35. The van der Waals surface area contributed by atoms with Crippen molar-refractivity contribution in [2.75, 3.05) is 20.6 Å². The van der Waals surface area contributed by atoms with Gasteiger partial charge in [-0.2, -0.15) is 0 Å². The number of hydrogen-bond donors (Lipinski definition) is 2. The largest absolute Gasteiger partial charge is 0.391 e. The molecule has 1 aromatic rings. The van der Waals surface area contributed by atoms with E-state index in [9.17, 15) is 9.90 Å². The average molecular weight is 278 g/mol. The van der Waals surface area contributed by atoms with Gasteiger partial charge in [0.05, 0.1) is 6.10 Å². The van der Waals surface area contributed by atoms with Gasteiger partial charge in [0.15, 0.2) is 0 Å². The molecule has 0 saturated heterocycles. The Morgan fingerprint density at radius 2 is 2.10 bits per heavy atom. The first-order chi connectivity index (χ1) is 9.43. The highest BCUT2D eigenvalue weighted by Crippen LogP contribution is 2.09. The molecule has 0 radical (unpaired) electrons. The molecule has 1 aromatic carbocycles. The van der Waals surface area contributed by atoms with E-state index in [-0.39, 0.29) is 11.8 Å². The zero-order chi connectivity index (χ0) is 15.1. The monoisotopic (exact) mass is 278 g/mol. The number of benzene rings is 1. The van der Waals surface area contributed by atoms with Crippen LogP contribution >= 0.6 is 0 Å². The molecule has 2 N–H and O–H groups in total. The van der Waals surface area contributed by atoms with E-state index in [0.717, 1.165) is 18.5 Å². The molecular weight excluding hydrogens is 252 g/mol. The fraction of sp³-hybridized carbons (Fsp3) is 0.562. The molecule has 1 amide bonds. The van der Waals surface area contributed by atoms with Crippen LogP contribution in [0.5, 0.6) is 0 Å². The second kappa shape index (κ2) is 8.02. The van der Waals surface area contributed by atoms with Crippen molar-refractivity contribution in [3.8, 4) is 0 Å². The maximum Gasteiger partial charge on any atom is 0.251 e. The van der Waals surface area contributed by atoms with E-state index in [1.54, 1.807) is 6.07 Å². The Hall–Kier alpha value is -1.39. The van der Waals surface area contributed by atoms with Gasteiger partial charge in [0.25, 0.3) is 5.91 Å². The highest BCUT2D eigenvalue weighted by molar-refractivity contribution is 5.94. The molecule has 0 spiro atoms. The lowest BCUT2D eigenvalue weighted by Gasteiger charge is -2.17. The van der Waals surface area contributed by atoms with Gasteiger partial charge in [-0.25, -0.2) is 0 Å². The first-order valence-corrected chi connectivity index (χ1v) is 7.14. The summed E-state index contributed by atoms with van der Waals surface area (Å²) in [5.41, 5.74) is 1.74. The maximum atomic E-state index is 12.1. The fourth-order valence-corrected chi connectivity index (χ4v) is 1.95. The molecular formula is C16H26N2O2. The predicted octanol–water partition coefficient (Wildman–Crippen LogP) is 1.89. The number of aliphatic hydroxyl groups excluding tert-OH is 1. The molecule has 0 aromatic heterocycles. The van der Waals surface area contributed by atoms with E-state index in [1.165, 1.54) is 0 Å². The van der Waals surface area contributed by atoms with Gasteiger partial charge >= 0.3 is 0 Å². The lowest BCUT2D eigenvalue weighted by atomic mass is 10.0.